The van der Waals surface area contributed by atoms with Gasteiger partial charge in [-0.15, -0.1) is 0 Å². The van der Waals surface area contributed by atoms with Gasteiger partial charge in [0.25, 0.3) is 5.91 Å². The molecule has 6 heteroatoms. The Morgan fingerprint density at radius 2 is 1.80 bits per heavy atom. The average Bonchev–Trinajstić information content (AvgIpc) is 2.38. The molecule has 0 fully saturated rings. The van der Waals surface area contributed by atoms with Gasteiger partial charge in [0.15, 0.2) is 0 Å². The van der Waals surface area contributed by atoms with E-state index >= 15 is 0 Å². The molecule has 0 saturated heterocycles. The van der Waals surface area contributed by atoms with Gasteiger partial charge in [0.2, 0.25) is 0 Å². The first-order valence-corrected chi connectivity index (χ1v) is 6.05. The highest BCUT2D eigenvalue weighted by Gasteiger charge is 2.15. The number of rotatable bonds is 3. The molecule has 0 aliphatic carbocycles. The monoisotopic (exact) mass is 290 g/mol. The van der Waals surface area contributed by atoms with E-state index in [9.17, 15) is 9.59 Å². The van der Waals surface area contributed by atoms with Gasteiger partial charge in [0.05, 0.1) is 16.8 Å². The third-order valence-electron chi connectivity index (χ3n) is 2.67. The largest absolute Gasteiger partial charge is 0.478 e. The molecule has 0 bridgehead atoms. The highest BCUT2D eigenvalue weighted by molar-refractivity contribution is 6.31. The summed E-state index contributed by atoms with van der Waals surface area (Å²) in [5.74, 6) is -1.65. The normalized spacial score (nSPS) is 10.1. The number of halogens is 1. The number of hydrogen-bond acceptors (Lipinski definition) is 3. The summed E-state index contributed by atoms with van der Waals surface area (Å²) in [6, 6.07) is 10.7. The number of anilines is 2. The van der Waals surface area contributed by atoms with Gasteiger partial charge < -0.3 is 16.2 Å². The molecule has 1 amide bonds. The lowest BCUT2D eigenvalue weighted by atomic mass is 10.1. The Morgan fingerprint density at radius 1 is 1.10 bits per heavy atom. The molecule has 0 saturated carbocycles. The van der Waals surface area contributed by atoms with Gasteiger partial charge in [-0.3, -0.25) is 4.79 Å². The molecule has 2 rings (SSSR count). The molecule has 0 heterocycles. The molecule has 4 N–H and O–H groups in total. The Labute approximate surface area is 120 Å². The summed E-state index contributed by atoms with van der Waals surface area (Å²) in [7, 11) is 0. The van der Waals surface area contributed by atoms with E-state index in [1.807, 2.05) is 0 Å². The van der Waals surface area contributed by atoms with Crippen molar-refractivity contribution < 1.29 is 14.7 Å². The van der Waals surface area contributed by atoms with Gasteiger partial charge in [0, 0.05) is 10.7 Å². The van der Waals surface area contributed by atoms with Crippen molar-refractivity contribution in [2.24, 2.45) is 0 Å². The molecule has 0 unspecified atom stereocenters. The number of carboxylic acid groups (broad SMARTS) is 1. The molecule has 20 heavy (non-hydrogen) atoms. The molecular formula is C14H11ClN2O3. The van der Waals surface area contributed by atoms with Crippen LogP contribution in [-0.2, 0) is 0 Å². The number of nitrogens with one attached hydrogen (secondary N) is 1. The summed E-state index contributed by atoms with van der Waals surface area (Å²) in [6.07, 6.45) is 0. The van der Waals surface area contributed by atoms with Crippen molar-refractivity contribution in [2.75, 3.05) is 11.1 Å². The van der Waals surface area contributed by atoms with Crippen LogP contribution in [0.1, 0.15) is 20.7 Å². The number of nitrogen functional groups attached to an aromatic ring is 1. The highest BCUT2D eigenvalue weighted by atomic mass is 35.5. The van der Waals surface area contributed by atoms with Gasteiger partial charge >= 0.3 is 5.97 Å². The van der Waals surface area contributed by atoms with Gasteiger partial charge in [-0.05, 0) is 30.3 Å². The summed E-state index contributed by atoms with van der Waals surface area (Å²) in [5, 5.41) is 11.9. The summed E-state index contributed by atoms with van der Waals surface area (Å²) in [4.78, 5) is 23.2. The van der Waals surface area contributed by atoms with Crippen LogP contribution in [0.4, 0.5) is 11.4 Å². The van der Waals surface area contributed by atoms with Crippen molar-refractivity contribution in [1.29, 1.82) is 0 Å². The fourth-order valence-corrected chi connectivity index (χ4v) is 1.87. The minimum absolute atomic E-state index is 0.0442. The van der Waals surface area contributed by atoms with Crippen molar-refractivity contribution in [3.8, 4) is 0 Å². The lowest BCUT2D eigenvalue weighted by Gasteiger charge is -2.10. The molecule has 102 valence electrons. The van der Waals surface area contributed by atoms with E-state index in [-0.39, 0.29) is 16.8 Å². The first-order chi connectivity index (χ1) is 9.49. The van der Waals surface area contributed by atoms with Crippen LogP contribution in [0, 0.1) is 0 Å². The molecule has 0 atom stereocenters. The van der Waals surface area contributed by atoms with E-state index < -0.39 is 11.9 Å². The number of hydrogen-bond donors (Lipinski definition) is 3. The van der Waals surface area contributed by atoms with Gasteiger partial charge in [-0.1, -0.05) is 23.7 Å². The second-order valence-electron chi connectivity index (χ2n) is 4.04. The number of aromatic carboxylic acids is 1. The van der Waals surface area contributed by atoms with Crippen molar-refractivity contribution in [3.05, 3.63) is 58.6 Å². The number of carbonyl (C=O) groups is 2. The summed E-state index contributed by atoms with van der Waals surface area (Å²) in [6.45, 7) is 0. The second-order valence-corrected chi connectivity index (χ2v) is 4.47. The molecule has 0 aliphatic rings. The fraction of sp³-hybridized carbons (Fsp3) is 0. The molecule has 0 radical (unpaired) electrons. The molecule has 0 spiro atoms. The number of carboxylic acids is 1. The van der Waals surface area contributed by atoms with E-state index in [0.717, 1.165) is 0 Å². The van der Waals surface area contributed by atoms with Crippen LogP contribution in [0.15, 0.2) is 42.5 Å². The fourth-order valence-electron chi connectivity index (χ4n) is 1.70. The number of benzene rings is 2. The Balaban J connectivity index is 2.35. The number of para-hydroxylation sites is 1. The summed E-state index contributed by atoms with van der Waals surface area (Å²) in [5.41, 5.74) is 6.36. The molecule has 0 aromatic heterocycles. The van der Waals surface area contributed by atoms with E-state index in [1.54, 1.807) is 24.3 Å². The first kappa shape index (κ1) is 13.9. The van der Waals surface area contributed by atoms with Gasteiger partial charge in [-0.25, -0.2) is 4.79 Å². The molecule has 5 nitrogen and oxygen atoms in total. The zero-order chi connectivity index (χ0) is 14.7. The molecule has 2 aromatic rings. The van der Waals surface area contributed by atoms with Gasteiger partial charge in [-0.2, -0.15) is 0 Å². The second kappa shape index (κ2) is 5.63. The van der Waals surface area contributed by atoms with Crippen molar-refractivity contribution in [1.82, 2.24) is 0 Å². The standard InChI is InChI=1S/C14H11ClN2O3/c15-8-5-6-10(14(19)20)12(7-8)17-13(18)9-3-1-2-4-11(9)16/h1-7H,16H2,(H,17,18)(H,19,20). The first-order valence-electron chi connectivity index (χ1n) is 5.67. The zero-order valence-corrected chi connectivity index (χ0v) is 11.0. The van der Waals surface area contributed by atoms with E-state index in [2.05, 4.69) is 5.32 Å². The molecular weight excluding hydrogens is 280 g/mol. The topological polar surface area (TPSA) is 92.4 Å². The maximum atomic E-state index is 12.1. The van der Waals surface area contributed by atoms with Crippen LogP contribution in [-0.4, -0.2) is 17.0 Å². The lowest BCUT2D eigenvalue weighted by molar-refractivity contribution is 0.0698. The van der Waals surface area contributed by atoms with Crippen LogP contribution in [0.2, 0.25) is 5.02 Å². The number of nitrogens with two attached hydrogens (primary N) is 1. The van der Waals surface area contributed by atoms with Gasteiger partial charge in [0.1, 0.15) is 0 Å². The predicted octanol–water partition coefficient (Wildman–Crippen LogP) is 2.87. The van der Waals surface area contributed by atoms with Crippen LogP contribution in [0.5, 0.6) is 0 Å². The van der Waals surface area contributed by atoms with E-state index in [4.69, 9.17) is 22.4 Å². The van der Waals surface area contributed by atoms with Crippen molar-refractivity contribution >= 4 is 34.9 Å². The Hall–Kier alpha value is -2.53. The van der Waals surface area contributed by atoms with Crippen LogP contribution in [0.3, 0.4) is 0 Å². The van der Waals surface area contributed by atoms with Crippen LogP contribution in [0.25, 0.3) is 0 Å². The zero-order valence-electron chi connectivity index (χ0n) is 10.3. The lowest BCUT2D eigenvalue weighted by Crippen LogP contribution is -2.16. The smallest absolute Gasteiger partial charge is 0.337 e. The Morgan fingerprint density at radius 3 is 2.45 bits per heavy atom. The maximum Gasteiger partial charge on any atom is 0.337 e. The number of carbonyl (C=O) groups excluding carboxylic acids is 1. The van der Waals surface area contributed by atoms with Crippen molar-refractivity contribution in [2.45, 2.75) is 0 Å². The SMILES string of the molecule is Nc1ccccc1C(=O)Nc1cc(Cl)ccc1C(=O)O. The summed E-state index contributed by atoms with van der Waals surface area (Å²) >= 11 is 5.81. The van der Waals surface area contributed by atoms with Crippen molar-refractivity contribution in [3.63, 3.8) is 0 Å². The minimum Gasteiger partial charge on any atom is -0.478 e. The summed E-state index contributed by atoms with van der Waals surface area (Å²) < 4.78 is 0. The Kier molecular flexibility index (Phi) is 3.91. The maximum absolute atomic E-state index is 12.1. The quantitative estimate of drug-likeness (QED) is 0.758. The van der Waals surface area contributed by atoms with E-state index in [0.29, 0.717) is 10.7 Å². The third-order valence-corrected chi connectivity index (χ3v) is 2.90. The van der Waals surface area contributed by atoms with Crippen LogP contribution < -0.4 is 11.1 Å². The number of amides is 1. The third kappa shape index (κ3) is 2.89. The average molecular weight is 291 g/mol. The Bertz CT molecular complexity index is 686. The minimum atomic E-state index is -1.15. The highest BCUT2D eigenvalue weighted by Crippen LogP contribution is 2.22. The van der Waals surface area contributed by atoms with E-state index in [1.165, 1.54) is 18.2 Å². The predicted molar refractivity (Wildman–Crippen MR) is 77.2 cm³/mol. The molecule has 2 aromatic carbocycles. The van der Waals surface area contributed by atoms with Crippen LogP contribution >= 0.6 is 11.6 Å². The molecule has 0 aliphatic heterocycles.